The van der Waals surface area contributed by atoms with Gasteiger partial charge in [-0.2, -0.15) is 0 Å². The Balaban J connectivity index is 2.62. The van der Waals surface area contributed by atoms with E-state index in [4.69, 9.17) is 10.5 Å². The molecule has 0 aliphatic rings. The highest BCUT2D eigenvalue weighted by Crippen LogP contribution is 2.32. The molecule has 0 aliphatic heterocycles. The first-order valence-electron chi connectivity index (χ1n) is 5.23. The average Bonchev–Trinajstić information content (AvgIpc) is 2.38. The molecule has 0 fully saturated rings. The Kier molecular flexibility index (Phi) is 3.35. The molecule has 0 unspecified atom stereocenters. The molecule has 3 nitrogen and oxygen atoms in total. The van der Waals surface area contributed by atoms with E-state index in [1.807, 2.05) is 0 Å². The molecular formula is C13H13FN2O. The summed E-state index contributed by atoms with van der Waals surface area (Å²) < 4.78 is 18.5. The van der Waals surface area contributed by atoms with Gasteiger partial charge in [0.25, 0.3) is 0 Å². The summed E-state index contributed by atoms with van der Waals surface area (Å²) in [6.45, 7) is 0.350. The van der Waals surface area contributed by atoms with E-state index in [2.05, 4.69) is 4.98 Å². The first-order valence-corrected chi connectivity index (χ1v) is 5.23. The third-order valence-corrected chi connectivity index (χ3v) is 2.58. The quantitative estimate of drug-likeness (QED) is 0.883. The van der Waals surface area contributed by atoms with Gasteiger partial charge in [-0.05, 0) is 35.4 Å². The highest BCUT2D eigenvalue weighted by Gasteiger charge is 2.10. The number of halogens is 1. The maximum absolute atomic E-state index is 13.3. The number of ether oxygens (including phenoxy) is 1. The zero-order valence-electron chi connectivity index (χ0n) is 9.48. The zero-order chi connectivity index (χ0) is 12.3. The van der Waals surface area contributed by atoms with Crippen LogP contribution in [0, 0.1) is 5.82 Å². The van der Waals surface area contributed by atoms with Gasteiger partial charge in [0.1, 0.15) is 11.6 Å². The highest BCUT2D eigenvalue weighted by molar-refractivity contribution is 5.73. The van der Waals surface area contributed by atoms with Gasteiger partial charge in [-0.25, -0.2) is 4.39 Å². The maximum atomic E-state index is 13.3. The summed E-state index contributed by atoms with van der Waals surface area (Å²) in [5.74, 6) is 0.313. The number of pyridine rings is 1. The van der Waals surface area contributed by atoms with Crippen LogP contribution in [-0.2, 0) is 6.54 Å². The molecule has 1 aromatic heterocycles. The Labute approximate surface area is 99.1 Å². The van der Waals surface area contributed by atoms with Gasteiger partial charge in [-0.3, -0.25) is 4.98 Å². The van der Waals surface area contributed by atoms with Gasteiger partial charge in [0.2, 0.25) is 0 Å². The van der Waals surface area contributed by atoms with E-state index in [9.17, 15) is 4.39 Å². The van der Waals surface area contributed by atoms with Crippen molar-refractivity contribution in [3.63, 3.8) is 0 Å². The molecule has 17 heavy (non-hydrogen) atoms. The molecule has 0 saturated heterocycles. The Hall–Kier alpha value is -1.94. The normalized spacial score (nSPS) is 10.3. The fourth-order valence-corrected chi connectivity index (χ4v) is 1.74. The third kappa shape index (κ3) is 2.26. The molecule has 1 aromatic carbocycles. The van der Waals surface area contributed by atoms with Crippen molar-refractivity contribution >= 4 is 0 Å². The van der Waals surface area contributed by atoms with Crippen LogP contribution in [0.25, 0.3) is 11.1 Å². The Morgan fingerprint density at radius 3 is 2.82 bits per heavy atom. The van der Waals surface area contributed by atoms with Gasteiger partial charge in [-0.1, -0.05) is 0 Å². The smallest absolute Gasteiger partial charge is 0.126 e. The Bertz CT molecular complexity index is 529. The largest absolute Gasteiger partial charge is 0.496 e. The lowest BCUT2D eigenvalue weighted by Crippen LogP contribution is -2.00. The number of hydrogen-bond acceptors (Lipinski definition) is 3. The second-order valence-electron chi connectivity index (χ2n) is 3.58. The molecular weight excluding hydrogens is 219 g/mol. The molecule has 0 amide bonds. The number of nitrogens with zero attached hydrogens (tertiary/aromatic N) is 1. The third-order valence-electron chi connectivity index (χ3n) is 2.58. The van der Waals surface area contributed by atoms with Crippen LogP contribution in [0.1, 0.15) is 5.56 Å². The van der Waals surface area contributed by atoms with Gasteiger partial charge < -0.3 is 10.5 Å². The number of aromatic nitrogens is 1. The lowest BCUT2D eigenvalue weighted by Gasteiger charge is -2.11. The predicted molar refractivity (Wildman–Crippen MR) is 64.1 cm³/mol. The highest BCUT2D eigenvalue weighted by atomic mass is 19.1. The first kappa shape index (κ1) is 11.5. The summed E-state index contributed by atoms with van der Waals surface area (Å²) >= 11 is 0. The Morgan fingerprint density at radius 1 is 1.29 bits per heavy atom. The molecule has 2 N–H and O–H groups in total. The van der Waals surface area contributed by atoms with E-state index in [1.54, 1.807) is 31.6 Å². The van der Waals surface area contributed by atoms with Crippen LogP contribution in [-0.4, -0.2) is 12.1 Å². The summed E-state index contributed by atoms with van der Waals surface area (Å²) in [7, 11) is 1.56. The second-order valence-corrected chi connectivity index (χ2v) is 3.58. The van der Waals surface area contributed by atoms with Crippen LogP contribution < -0.4 is 10.5 Å². The topological polar surface area (TPSA) is 48.1 Å². The van der Waals surface area contributed by atoms with E-state index in [0.29, 0.717) is 17.9 Å². The number of nitrogens with two attached hydrogens (primary N) is 1. The zero-order valence-corrected chi connectivity index (χ0v) is 9.48. The van der Waals surface area contributed by atoms with Crippen molar-refractivity contribution in [2.45, 2.75) is 6.54 Å². The second kappa shape index (κ2) is 4.93. The van der Waals surface area contributed by atoms with Gasteiger partial charge in [0, 0.05) is 24.5 Å². The number of rotatable bonds is 3. The minimum Gasteiger partial charge on any atom is -0.496 e. The van der Waals surface area contributed by atoms with Crippen molar-refractivity contribution in [1.82, 2.24) is 4.98 Å². The number of benzene rings is 1. The lowest BCUT2D eigenvalue weighted by atomic mass is 10.0. The molecule has 0 atom stereocenters. The van der Waals surface area contributed by atoms with Gasteiger partial charge in [0.15, 0.2) is 0 Å². The van der Waals surface area contributed by atoms with Crippen LogP contribution >= 0.6 is 0 Å². The van der Waals surface area contributed by atoms with Gasteiger partial charge in [-0.15, -0.1) is 0 Å². The van der Waals surface area contributed by atoms with Crippen molar-refractivity contribution in [2.75, 3.05) is 7.11 Å². The molecule has 0 bridgehead atoms. The van der Waals surface area contributed by atoms with Gasteiger partial charge in [0.05, 0.1) is 7.11 Å². The summed E-state index contributed by atoms with van der Waals surface area (Å²) in [6, 6.07) is 6.21. The van der Waals surface area contributed by atoms with E-state index in [0.717, 1.165) is 11.1 Å². The van der Waals surface area contributed by atoms with Crippen molar-refractivity contribution < 1.29 is 9.13 Å². The van der Waals surface area contributed by atoms with Crippen molar-refractivity contribution in [1.29, 1.82) is 0 Å². The van der Waals surface area contributed by atoms with E-state index in [1.165, 1.54) is 12.1 Å². The van der Waals surface area contributed by atoms with Crippen LogP contribution in [0.15, 0.2) is 36.7 Å². The van der Waals surface area contributed by atoms with Crippen LogP contribution in [0.3, 0.4) is 0 Å². The van der Waals surface area contributed by atoms with Crippen LogP contribution in [0.2, 0.25) is 0 Å². The summed E-state index contributed by atoms with van der Waals surface area (Å²) in [4.78, 5) is 4.01. The molecule has 0 aliphatic carbocycles. The summed E-state index contributed by atoms with van der Waals surface area (Å²) in [6.07, 6.45) is 3.33. The minimum absolute atomic E-state index is 0.305. The fourth-order valence-electron chi connectivity index (χ4n) is 1.74. The maximum Gasteiger partial charge on any atom is 0.126 e. The number of methoxy groups -OCH3 is 1. The molecule has 4 heteroatoms. The monoisotopic (exact) mass is 232 g/mol. The van der Waals surface area contributed by atoms with Crippen LogP contribution in [0.5, 0.6) is 5.75 Å². The Morgan fingerprint density at radius 2 is 2.12 bits per heavy atom. The fraction of sp³-hybridized carbons (Fsp3) is 0.154. The first-order chi connectivity index (χ1) is 8.26. The lowest BCUT2D eigenvalue weighted by molar-refractivity contribution is 0.415. The van der Waals surface area contributed by atoms with E-state index in [-0.39, 0.29) is 5.82 Å². The molecule has 0 saturated carbocycles. The summed E-state index contributed by atoms with van der Waals surface area (Å²) in [5, 5.41) is 0. The molecule has 0 spiro atoms. The summed E-state index contributed by atoms with van der Waals surface area (Å²) in [5.41, 5.74) is 8.04. The molecule has 2 rings (SSSR count). The van der Waals surface area contributed by atoms with E-state index < -0.39 is 0 Å². The van der Waals surface area contributed by atoms with Crippen LogP contribution in [0.4, 0.5) is 4.39 Å². The standard InChI is InChI=1S/C13H13FN2O/c1-17-13-3-2-10(14)6-12(13)11-4-5-16-8-9(11)7-15/h2-6,8H,7,15H2,1H3. The van der Waals surface area contributed by atoms with E-state index >= 15 is 0 Å². The van der Waals surface area contributed by atoms with Crippen molar-refractivity contribution in [3.05, 3.63) is 48.0 Å². The van der Waals surface area contributed by atoms with Crippen molar-refractivity contribution in [3.8, 4) is 16.9 Å². The molecule has 1 heterocycles. The van der Waals surface area contributed by atoms with Gasteiger partial charge >= 0.3 is 0 Å². The number of hydrogen-bond donors (Lipinski definition) is 1. The minimum atomic E-state index is -0.305. The molecule has 0 radical (unpaired) electrons. The average molecular weight is 232 g/mol. The predicted octanol–water partition coefficient (Wildman–Crippen LogP) is 2.35. The van der Waals surface area contributed by atoms with Crippen molar-refractivity contribution in [2.24, 2.45) is 5.73 Å². The molecule has 2 aromatic rings. The SMILES string of the molecule is COc1ccc(F)cc1-c1ccncc1CN. The molecule has 88 valence electrons.